The molecule has 0 saturated carbocycles. The molecule has 1 atom stereocenters. The van der Waals surface area contributed by atoms with Crippen LogP contribution < -0.4 is 5.73 Å². The number of benzene rings is 1. The molecule has 21 heavy (non-hydrogen) atoms. The molecule has 1 aromatic carbocycles. The summed E-state index contributed by atoms with van der Waals surface area (Å²) in [5.74, 6) is -0.570. The number of halogens is 1. The Hall–Kier alpha value is -1.81. The van der Waals surface area contributed by atoms with E-state index in [1.807, 2.05) is 24.3 Å². The topological polar surface area (TPSA) is 71.8 Å². The van der Waals surface area contributed by atoms with Crippen molar-refractivity contribution in [1.29, 1.82) is 0 Å². The number of nitrogens with one attached hydrogen (secondary N) is 1. The molecule has 5 heteroatoms. The van der Waals surface area contributed by atoms with Gasteiger partial charge in [0, 0.05) is 16.1 Å². The number of hydrogen-bond acceptors (Lipinski definition) is 2. The Kier molecular flexibility index (Phi) is 3.29. The first-order valence-corrected chi connectivity index (χ1v) is 7.42. The van der Waals surface area contributed by atoms with Crippen molar-refractivity contribution in [3.8, 4) is 11.3 Å². The van der Waals surface area contributed by atoms with Gasteiger partial charge in [-0.25, -0.2) is 0 Å². The maximum Gasteiger partial charge on any atom is 0.226 e. The van der Waals surface area contributed by atoms with Crippen molar-refractivity contribution < 1.29 is 4.79 Å². The zero-order chi connectivity index (χ0) is 15.2. The van der Waals surface area contributed by atoms with Gasteiger partial charge < -0.3 is 5.73 Å². The van der Waals surface area contributed by atoms with Gasteiger partial charge in [-0.05, 0) is 30.4 Å². The minimum absolute atomic E-state index is 0.0384. The van der Waals surface area contributed by atoms with Crippen molar-refractivity contribution in [2.24, 2.45) is 5.73 Å². The van der Waals surface area contributed by atoms with Crippen molar-refractivity contribution in [3.05, 3.63) is 40.5 Å². The van der Waals surface area contributed by atoms with Gasteiger partial charge in [0.25, 0.3) is 0 Å². The van der Waals surface area contributed by atoms with E-state index in [0.717, 1.165) is 35.4 Å². The fourth-order valence-corrected chi connectivity index (χ4v) is 3.29. The summed E-state index contributed by atoms with van der Waals surface area (Å²) >= 11 is 5.95. The van der Waals surface area contributed by atoms with Crippen molar-refractivity contribution in [2.45, 2.75) is 38.0 Å². The third-order valence-electron chi connectivity index (χ3n) is 4.34. The van der Waals surface area contributed by atoms with E-state index in [2.05, 4.69) is 24.0 Å². The molecule has 1 unspecified atom stereocenters. The van der Waals surface area contributed by atoms with Gasteiger partial charge >= 0.3 is 0 Å². The van der Waals surface area contributed by atoms with E-state index in [4.69, 9.17) is 17.3 Å². The van der Waals surface area contributed by atoms with Gasteiger partial charge in [-0.2, -0.15) is 5.10 Å². The smallest absolute Gasteiger partial charge is 0.226 e. The molecule has 0 spiro atoms. The lowest BCUT2D eigenvalue weighted by Crippen LogP contribution is -2.32. The van der Waals surface area contributed by atoms with Gasteiger partial charge in [0.2, 0.25) is 5.91 Å². The van der Waals surface area contributed by atoms with Gasteiger partial charge in [-0.1, -0.05) is 37.6 Å². The molecule has 0 bridgehead atoms. The number of aromatic nitrogens is 2. The molecule has 0 fully saturated rings. The Labute approximate surface area is 128 Å². The maximum absolute atomic E-state index is 11.7. The molecule has 110 valence electrons. The first-order chi connectivity index (χ1) is 9.90. The monoisotopic (exact) mass is 303 g/mol. The molecule has 3 N–H and O–H groups in total. The maximum atomic E-state index is 11.7. The second-order valence-corrected chi connectivity index (χ2v) is 6.68. The van der Waals surface area contributed by atoms with Gasteiger partial charge in [-0.3, -0.25) is 9.89 Å². The van der Waals surface area contributed by atoms with E-state index in [-0.39, 0.29) is 17.2 Å². The fraction of sp³-hybridized carbons (Fsp3) is 0.375. The van der Waals surface area contributed by atoms with Crippen molar-refractivity contribution in [1.82, 2.24) is 10.2 Å². The molecule has 1 amide bonds. The van der Waals surface area contributed by atoms with Crippen molar-refractivity contribution >= 4 is 17.5 Å². The van der Waals surface area contributed by atoms with Gasteiger partial charge in [0.1, 0.15) is 0 Å². The van der Waals surface area contributed by atoms with E-state index in [1.54, 1.807) is 0 Å². The van der Waals surface area contributed by atoms with Crippen LogP contribution in [0.4, 0.5) is 0 Å². The molecule has 0 saturated heterocycles. The Morgan fingerprint density at radius 1 is 1.38 bits per heavy atom. The number of hydrogen-bond donors (Lipinski definition) is 2. The van der Waals surface area contributed by atoms with Gasteiger partial charge in [0.05, 0.1) is 17.3 Å². The Morgan fingerprint density at radius 3 is 2.67 bits per heavy atom. The van der Waals surface area contributed by atoms with E-state index >= 15 is 0 Å². The molecule has 1 aliphatic rings. The summed E-state index contributed by atoms with van der Waals surface area (Å²) in [4.78, 5) is 11.7. The molecule has 1 aliphatic carbocycles. The summed E-state index contributed by atoms with van der Waals surface area (Å²) in [7, 11) is 0. The molecule has 0 radical (unpaired) electrons. The summed E-state index contributed by atoms with van der Waals surface area (Å²) in [6.07, 6.45) is 1.67. The van der Waals surface area contributed by atoms with E-state index < -0.39 is 0 Å². The normalized spacial score (nSPS) is 20.0. The van der Waals surface area contributed by atoms with Crippen LogP contribution in [0.3, 0.4) is 0 Å². The third-order valence-corrected chi connectivity index (χ3v) is 4.59. The lowest BCUT2D eigenvalue weighted by atomic mass is 9.70. The lowest BCUT2D eigenvalue weighted by Gasteiger charge is -2.33. The predicted molar refractivity (Wildman–Crippen MR) is 83.2 cm³/mol. The SMILES string of the molecule is CC1(C)CCC(C(N)=O)c2[nH]nc(-c3ccc(Cl)cc3)c21. The summed E-state index contributed by atoms with van der Waals surface area (Å²) in [5.41, 5.74) is 9.34. The highest BCUT2D eigenvalue weighted by Crippen LogP contribution is 2.45. The predicted octanol–water partition coefficient (Wildman–Crippen LogP) is 3.37. The van der Waals surface area contributed by atoms with E-state index in [0.29, 0.717) is 5.02 Å². The number of aromatic amines is 1. The second kappa shape index (κ2) is 4.88. The van der Waals surface area contributed by atoms with Gasteiger partial charge in [0.15, 0.2) is 0 Å². The van der Waals surface area contributed by atoms with Crippen LogP contribution in [0.5, 0.6) is 0 Å². The van der Waals surface area contributed by atoms with Gasteiger partial charge in [-0.15, -0.1) is 0 Å². The number of amides is 1. The molecule has 4 nitrogen and oxygen atoms in total. The average molecular weight is 304 g/mol. The quantitative estimate of drug-likeness (QED) is 0.893. The number of nitrogens with two attached hydrogens (primary N) is 1. The lowest BCUT2D eigenvalue weighted by molar-refractivity contribution is -0.119. The summed E-state index contributed by atoms with van der Waals surface area (Å²) in [6.45, 7) is 4.36. The zero-order valence-corrected chi connectivity index (χ0v) is 12.9. The Morgan fingerprint density at radius 2 is 2.05 bits per heavy atom. The number of carbonyl (C=O) groups excluding carboxylic acids is 1. The minimum atomic E-state index is -0.293. The van der Waals surface area contributed by atoms with Crippen LogP contribution in [0.1, 0.15) is 43.9 Å². The molecule has 1 heterocycles. The molecule has 1 aromatic heterocycles. The third kappa shape index (κ3) is 2.33. The number of rotatable bonds is 2. The first-order valence-electron chi connectivity index (χ1n) is 7.04. The number of primary amides is 1. The Balaban J connectivity index is 2.17. The number of H-pyrrole nitrogens is 1. The minimum Gasteiger partial charge on any atom is -0.369 e. The van der Waals surface area contributed by atoms with Crippen molar-refractivity contribution in [2.75, 3.05) is 0 Å². The van der Waals surface area contributed by atoms with Crippen LogP contribution in [0, 0.1) is 0 Å². The second-order valence-electron chi connectivity index (χ2n) is 6.25. The molecular weight excluding hydrogens is 286 g/mol. The zero-order valence-electron chi connectivity index (χ0n) is 12.1. The van der Waals surface area contributed by atoms with E-state index in [1.165, 1.54) is 0 Å². The molecular formula is C16H18ClN3O. The largest absolute Gasteiger partial charge is 0.369 e. The Bertz CT molecular complexity index is 688. The number of fused-ring (bicyclic) bond motifs is 1. The summed E-state index contributed by atoms with van der Waals surface area (Å²) in [6, 6.07) is 7.59. The molecule has 3 rings (SSSR count). The number of nitrogens with zero attached hydrogens (tertiary/aromatic N) is 1. The van der Waals surface area contributed by atoms with E-state index in [9.17, 15) is 4.79 Å². The standard InChI is InChI=1S/C16H18ClN3O/c1-16(2)8-7-11(15(18)21)14-12(16)13(19-20-14)9-3-5-10(17)6-4-9/h3-6,11H,7-8H2,1-2H3,(H2,18,21)(H,19,20). The first kappa shape index (κ1) is 14.1. The summed E-state index contributed by atoms with van der Waals surface area (Å²) in [5, 5.41) is 8.18. The highest BCUT2D eigenvalue weighted by atomic mass is 35.5. The van der Waals surface area contributed by atoms with Crippen molar-refractivity contribution in [3.63, 3.8) is 0 Å². The average Bonchev–Trinajstić information content (AvgIpc) is 2.85. The molecule has 2 aromatic rings. The highest BCUT2D eigenvalue weighted by Gasteiger charge is 2.39. The summed E-state index contributed by atoms with van der Waals surface area (Å²) < 4.78 is 0. The molecule has 0 aliphatic heterocycles. The van der Waals surface area contributed by atoms with Crippen LogP contribution in [0.2, 0.25) is 5.02 Å². The van der Waals surface area contributed by atoms with Crippen LogP contribution in [-0.4, -0.2) is 16.1 Å². The van der Waals surface area contributed by atoms with Crippen LogP contribution >= 0.6 is 11.6 Å². The highest BCUT2D eigenvalue weighted by molar-refractivity contribution is 6.30. The fourth-order valence-electron chi connectivity index (χ4n) is 3.17. The van der Waals surface area contributed by atoms with Crippen LogP contribution in [0.15, 0.2) is 24.3 Å². The van der Waals surface area contributed by atoms with Crippen LogP contribution in [-0.2, 0) is 10.2 Å². The number of carbonyl (C=O) groups is 1. The van der Waals surface area contributed by atoms with Crippen LogP contribution in [0.25, 0.3) is 11.3 Å².